The van der Waals surface area contributed by atoms with E-state index in [1.165, 1.54) is 17.4 Å². The first-order valence-corrected chi connectivity index (χ1v) is 6.92. The van der Waals surface area contributed by atoms with Gasteiger partial charge in [0.15, 0.2) is 0 Å². The minimum absolute atomic E-state index is 0.00666. The number of carbonyl (C=O) groups is 1. The van der Waals surface area contributed by atoms with Crippen molar-refractivity contribution in [1.82, 2.24) is 0 Å². The van der Waals surface area contributed by atoms with E-state index in [1.807, 2.05) is 12.3 Å². The van der Waals surface area contributed by atoms with Crippen molar-refractivity contribution in [2.24, 2.45) is 5.92 Å². The second-order valence-electron chi connectivity index (χ2n) is 4.53. The molecule has 18 heavy (non-hydrogen) atoms. The number of thiophene rings is 1. The summed E-state index contributed by atoms with van der Waals surface area (Å²) in [5, 5.41) is 3.10. The maximum Gasteiger partial charge on any atom is 0.309 e. The summed E-state index contributed by atoms with van der Waals surface area (Å²) in [6.45, 7) is 2.25. The van der Waals surface area contributed by atoms with Crippen LogP contribution in [0.3, 0.4) is 0 Å². The van der Waals surface area contributed by atoms with Gasteiger partial charge in [-0.15, -0.1) is 11.3 Å². The molecule has 1 aromatic heterocycles. The van der Waals surface area contributed by atoms with E-state index >= 15 is 0 Å². The Morgan fingerprint density at radius 1 is 1.56 bits per heavy atom. The highest BCUT2D eigenvalue weighted by atomic mass is 32.1. The summed E-state index contributed by atoms with van der Waals surface area (Å²) in [6, 6.07) is 4.82. The highest BCUT2D eigenvalue weighted by molar-refractivity contribution is 7.17. The van der Waals surface area contributed by atoms with Gasteiger partial charge in [-0.25, -0.2) is 4.39 Å². The SMILES string of the molecule is CCOC(=O)[C@@H]1C[C@H]1c1csc2cc(F)ccc12. The van der Waals surface area contributed by atoms with E-state index in [2.05, 4.69) is 0 Å². The van der Waals surface area contributed by atoms with Gasteiger partial charge in [-0.3, -0.25) is 4.79 Å². The molecular weight excluding hydrogens is 251 g/mol. The van der Waals surface area contributed by atoms with E-state index < -0.39 is 0 Å². The quantitative estimate of drug-likeness (QED) is 0.790. The molecule has 1 heterocycles. The van der Waals surface area contributed by atoms with Gasteiger partial charge >= 0.3 is 5.97 Å². The molecule has 0 aliphatic heterocycles. The molecule has 2 atom stereocenters. The van der Waals surface area contributed by atoms with Gasteiger partial charge in [0.1, 0.15) is 5.82 Å². The smallest absolute Gasteiger partial charge is 0.309 e. The Bertz CT molecular complexity index is 605. The van der Waals surface area contributed by atoms with E-state index in [-0.39, 0.29) is 23.6 Å². The Balaban J connectivity index is 1.87. The predicted molar refractivity (Wildman–Crippen MR) is 69.3 cm³/mol. The topological polar surface area (TPSA) is 26.3 Å². The average Bonchev–Trinajstić information content (AvgIpc) is 3.03. The number of benzene rings is 1. The number of carbonyl (C=O) groups excluding carboxylic acids is 1. The van der Waals surface area contributed by atoms with E-state index in [0.29, 0.717) is 6.61 Å². The molecule has 1 aliphatic carbocycles. The maximum absolute atomic E-state index is 13.1. The first-order valence-electron chi connectivity index (χ1n) is 6.04. The van der Waals surface area contributed by atoms with Crippen LogP contribution in [0.5, 0.6) is 0 Å². The van der Waals surface area contributed by atoms with Gasteiger partial charge in [-0.1, -0.05) is 6.07 Å². The van der Waals surface area contributed by atoms with Gasteiger partial charge in [0, 0.05) is 4.70 Å². The van der Waals surface area contributed by atoms with Gasteiger partial charge in [0.05, 0.1) is 12.5 Å². The fourth-order valence-electron chi connectivity index (χ4n) is 2.36. The molecule has 94 valence electrons. The van der Waals surface area contributed by atoms with Crippen molar-refractivity contribution in [2.75, 3.05) is 6.61 Å². The Morgan fingerprint density at radius 2 is 2.39 bits per heavy atom. The Hall–Kier alpha value is -1.42. The summed E-state index contributed by atoms with van der Waals surface area (Å²) >= 11 is 1.53. The molecule has 0 saturated heterocycles. The Kier molecular flexibility index (Phi) is 2.82. The molecule has 2 nitrogen and oxygen atoms in total. The summed E-state index contributed by atoms with van der Waals surface area (Å²) in [5.41, 5.74) is 1.16. The number of halogens is 1. The van der Waals surface area contributed by atoms with Crippen molar-refractivity contribution in [3.63, 3.8) is 0 Å². The number of hydrogen-bond donors (Lipinski definition) is 0. The van der Waals surface area contributed by atoms with Crippen molar-refractivity contribution in [3.05, 3.63) is 35.0 Å². The van der Waals surface area contributed by atoms with Crippen molar-refractivity contribution in [1.29, 1.82) is 0 Å². The molecule has 0 unspecified atom stereocenters. The van der Waals surface area contributed by atoms with Crippen LogP contribution in [-0.2, 0) is 9.53 Å². The average molecular weight is 264 g/mol. The van der Waals surface area contributed by atoms with Crippen LogP contribution < -0.4 is 0 Å². The predicted octanol–water partition coefficient (Wildman–Crippen LogP) is 3.71. The minimum atomic E-state index is -0.214. The van der Waals surface area contributed by atoms with Crippen molar-refractivity contribution < 1.29 is 13.9 Å². The monoisotopic (exact) mass is 264 g/mol. The van der Waals surface area contributed by atoms with E-state index in [0.717, 1.165) is 22.1 Å². The normalized spacial score (nSPS) is 22.1. The Labute approximate surface area is 108 Å². The summed E-state index contributed by atoms with van der Waals surface area (Å²) in [4.78, 5) is 11.6. The second-order valence-corrected chi connectivity index (χ2v) is 5.44. The van der Waals surface area contributed by atoms with Crippen molar-refractivity contribution >= 4 is 27.4 Å². The van der Waals surface area contributed by atoms with Crippen LogP contribution in [0, 0.1) is 11.7 Å². The zero-order chi connectivity index (χ0) is 12.7. The van der Waals surface area contributed by atoms with E-state index in [9.17, 15) is 9.18 Å². The number of rotatable bonds is 3. The molecule has 0 spiro atoms. The van der Waals surface area contributed by atoms with Gasteiger partial charge in [0.25, 0.3) is 0 Å². The van der Waals surface area contributed by atoms with Crippen molar-refractivity contribution in [2.45, 2.75) is 19.3 Å². The van der Waals surface area contributed by atoms with Gasteiger partial charge in [-0.05, 0) is 47.7 Å². The number of ether oxygens (including phenoxy) is 1. The standard InChI is InChI=1S/C14H13FO2S/c1-2-17-14(16)11-6-10(11)12-7-18-13-5-8(15)3-4-9(12)13/h3-5,7,10-11H,2,6H2,1H3/t10-,11-/m1/s1. The molecule has 0 radical (unpaired) electrons. The van der Waals surface area contributed by atoms with Crippen molar-refractivity contribution in [3.8, 4) is 0 Å². The highest BCUT2D eigenvalue weighted by Gasteiger charge is 2.46. The van der Waals surface area contributed by atoms with Crippen LogP contribution >= 0.6 is 11.3 Å². The lowest BCUT2D eigenvalue weighted by atomic mass is 10.1. The minimum Gasteiger partial charge on any atom is -0.466 e. The van der Waals surface area contributed by atoms with Crippen LogP contribution in [0.4, 0.5) is 4.39 Å². The second kappa shape index (κ2) is 4.35. The summed E-state index contributed by atoms with van der Waals surface area (Å²) < 4.78 is 19.1. The third-order valence-corrected chi connectivity index (χ3v) is 4.31. The Morgan fingerprint density at radius 3 is 3.17 bits per heavy atom. The molecule has 1 aliphatic rings. The lowest BCUT2D eigenvalue weighted by Gasteiger charge is -2.00. The third kappa shape index (κ3) is 1.90. The van der Waals surface area contributed by atoms with E-state index in [4.69, 9.17) is 4.74 Å². The van der Waals surface area contributed by atoms with Crippen LogP contribution in [0.25, 0.3) is 10.1 Å². The molecule has 1 fully saturated rings. The molecule has 4 heteroatoms. The van der Waals surface area contributed by atoms with E-state index in [1.54, 1.807) is 12.1 Å². The lowest BCUT2D eigenvalue weighted by molar-refractivity contribution is -0.144. The number of esters is 1. The molecule has 3 rings (SSSR count). The summed E-state index contributed by atoms with van der Waals surface area (Å²) in [5.74, 6) is -0.0753. The van der Waals surface area contributed by atoms with Crippen LogP contribution in [-0.4, -0.2) is 12.6 Å². The molecule has 0 N–H and O–H groups in total. The lowest BCUT2D eigenvalue weighted by Crippen LogP contribution is -2.07. The van der Waals surface area contributed by atoms with Crippen LogP contribution in [0.15, 0.2) is 23.6 Å². The molecule has 0 bridgehead atoms. The van der Waals surface area contributed by atoms with Gasteiger partial charge in [0.2, 0.25) is 0 Å². The fourth-order valence-corrected chi connectivity index (χ4v) is 3.41. The zero-order valence-electron chi connectivity index (χ0n) is 9.98. The zero-order valence-corrected chi connectivity index (χ0v) is 10.8. The highest BCUT2D eigenvalue weighted by Crippen LogP contribution is 2.51. The van der Waals surface area contributed by atoms with Crippen LogP contribution in [0.1, 0.15) is 24.8 Å². The molecule has 1 saturated carbocycles. The molecular formula is C14H13FO2S. The fraction of sp³-hybridized carbons (Fsp3) is 0.357. The first-order chi connectivity index (χ1) is 8.70. The first kappa shape index (κ1) is 11.7. The van der Waals surface area contributed by atoms with Gasteiger partial charge < -0.3 is 4.74 Å². The largest absolute Gasteiger partial charge is 0.466 e. The molecule has 2 aromatic rings. The molecule has 0 amide bonds. The maximum atomic E-state index is 13.1. The number of fused-ring (bicyclic) bond motifs is 1. The van der Waals surface area contributed by atoms with Crippen LogP contribution in [0.2, 0.25) is 0 Å². The van der Waals surface area contributed by atoms with Gasteiger partial charge in [-0.2, -0.15) is 0 Å². The summed E-state index contributed by atoms with van der Waals surface area (Å²) in [7, 11) is 0. The summed E-state index contributed by atoms with van der Waals surface area (Å²) in [6.07, 6.45) is 0.849. The molecule has 1 aromatic carbocycles. The third-order valence-electron chi connectivity index (χ3n) is 3.35. The number of hydrogen-bond acceptors (Lipinski definition) is 3.